The van der Waals surface area contributed by atoms with E-state index in [-0.39, 0.29) is 5.82 Å². The van der Waals surface area contributed by atoms with Gasteiger partial charge in [-0.25, -0.2) is 4.39 Å². The molecule has 1 saturated heterocycles. The summed E-state index contributed by atoms with van der Waals surface area (Å²) in [7, 11) is 0. The molecule has 1 aliphatic heterocycles. The van der Waals surface area contributed by atoms with Gasteiger partial charge in [-0.15, -0.1) is 0 Å². The van der Waals surface area contributed by atoms with Crippen LogP contribution in [0.3, 0.4) is 0 Å². The van der Waals surface area contributed by atoms with Crippen LogP contribution in [0, 0.1) is 12.7 Å². The van der Waals surface area contributed by atoms with E-state index in [0.717, 1.165) is 37.3 Å². The molecule has 0 atom stereocenters. The minimum absolute atomic E-state index is 0.341. The molecule has 3 aromatic carbocycles. The van der Waals surface area contributed by atoms with E-state index >= 15 is 0 Å². The second kappa shape index (κ2) is 8.12. The topological polar surface area (TPSA) is 15.3 Å². The number of anilines is 1. The first-order valence-corrected chi connectivity index (χ1v) is 10.1. The Morgan fingerprint density at radius 3 is 2.39 bits per heavy atom. The van der Waals surface area contributed by atoms with Gasteiger partial charge in [0.05, 0.1) is 5.02 Å². The second-order valence-corrected chi connectivity index (χ2v) is 7.79. The average Bonchev–Trinajstić information content (AvgIpc) is 2.70. The molecular weight excluding hydrogens is 394 g/mol. The quantitative estimate of drug-likeness (QED) is 0.549. The SMILES string of the molecule is Cc1cc(-c2ccc(F)c(-c3ccccc3Cl)c2Cl)ccc1N1CCNCC1. The average molecular weight is 415 g/mol. The number of piperazine rings is 1. The molecule has 1 fully saturated rings. The molecule has 0 amide bonds. The minimum atomic E-state index is -0.379. The van der Waals surface area contributed by atoms with Gasteiger partial charge in [0.1, 0.15) is 5.82 Å². The van der Waals surface area contributed by atoms with E-state index in [0.29, 0.717) is 21.2 Å². The fourth-order valence-electron chi connectivity index (χ4n) is 3.77. The number of hydrogen-bond donors (Lipinski definition) is 1. The fraction of sp³-hybridized carbons (Fsp3) is 0.217. The molecule has 1 heterocycles. The van der Waals surface area contributed by atoms with E-state index in [9.17, 15) is 4.39 Å². The van der Waals surface area contributed by atoms with E-state index in [1.165, 1.54) is 17.3 Å². The summed E-state index contributed by atoms with van der Waals surface area (Å²) < 4.78 is 14.6. The summed E-state index contributed by atoms with van der Waals surface area (Å²) in [6.07, 6.45) is 0. The lowest BCUT2D eigenvalue weighted by molar-refractivity contribution is 0.588. The van der Waals surface area contributed by atoms with Gasteiger partial charge in [0.15, 0.2) is 0 Å². The largest absolute Gasteiger partial charge is 0.369 e. The number of aryl methyl sites for hydroxylation is 1. The van der Waals surface area contributed by atoms with E-state index < -0.39 is 0 Å². The van der Waals surface area contributed by atoms with Crippen LogP contribution >= 0.6 is 23.2 Å². The minimum Gasteiger partial charge on any atom is -0.369 e. The number of halogens is 3. The van der Waals surface area contributed by atoms with E-state index in [1.807, 2.05) is 12.1 Å². The van der Waals surface area contributed by atoms with Gasteiger partial charge in [0.2, 0.25) is 0 Å². The van der Waals surface area contributed by atoms with Gasteiger partial charge < -0.3 is 10.2 Å². The van der Waals surface area contributed by atoms with Gasteiger partial charge in [-0.2, -0.15) is 0 Å². The smallest absolute Gasteiger partial charge is 0.132 e. The van der Waals surface area contributed by atoms with Crippen molar-refractivity contribution in [3.05, 3.63) is 76.0 Å². The summed E-state index contributed by atoms with van der Waals surface area (Å²) in [5.41, 5.74) is 5.12. The third-order valence-corrected chi connectivity index (χ3v) is 5.92. The van der Waals surface area contributed by atoms with Crippen LogP contribution in [0.4, 0.5) is 10.1 Å². The molecule has 1 N–H and O–H groups in total. The van der Waals surface area contributed by atoms with Crippen LogP contribution in [-0.2, 0) is 0 Å². The van der Waals surface area contributed by atoms with Crippen molar-refractivity contribution in [1.82, 2.24) is 5.32 Å². The fourth-order valence-corrected chi connectivity index (χ4v) is 4.36. The van der Waals surface area contributed by atoms with Crippen LogP contribution in [0.2, 0.25) is 10.0 Å². The molecule has 0 aliphatic carbocycles. The molecule has 0 aromatic heterocycles. The first-order valence-electron chi connectivity index (χ1n) is 9.36. The molecule has 2 nitrogen and oxygen atoms in total. The van der Waals surface area contributed by atoms with Crippen molar-refractivity contribution in [1.29, 1.82) is 0 Å². The maximum absolute atomic E-state index is 14.6. The Bertz CT molecular complexity index is 1010. The van der Waals surface area contributed by atoms with Crippen LogP contribution in [0.15, 0.2) is 54.6 Å². The third-order valence-electron chi connectivity index (χ3n) is 5.20. The van der Waals surface area contributed by atoms with Crippen molar-refractivity contribution < 1.29 is 4.39 Å². The van der Waals surface area contributed by atoms with E-state index in [4.69, 9.17) is 23.2 Å². The number of hydrogen-bond acceptors (Lipinski definition) is 2. The highest BCUT2D eigenvalue weighted by molar-refractivity contribution is 6.38. The van der Waals surface area contributed by atoms with Crippen LogP contribution in [-0.4, -0.2) is 26.2 Å². The van der Waals surface area contributed by atoms with Crippen molar-refractivity contribution in [2.45, 2.75) is 6.92 Å². The Kier molecular flexibility index (Phi) is 5.58. The molecule has 4 rings (SSSR count). The summed E-state index contributed by atoms with van der Waals surface area (Å²) in [6.45, 7) is 6.08. The lowest BCUT2D eigenvalue weighted by Gasteiger charge is -2.31. The highest BCUT2D eigenvalue weighted by Gasteiger charge is 2.18. The summed E-state index contributed by atoms with van der Waals surface area (Å²) in [4.78, 5) is 2.39. The molecule has 28 heavy (non-hydrogen) atoms. The normalized spacial score (nSPS) is 14.4. The maximum Gasteiger partial charge on any atom is 0.132 e. The molecule has 0 spiro atoms. The zero-order valence-electron chi connectivity index (χ0n) is 15.6. The molecule has 144 valence electrons. The monoisotopic (exact) mass is 414 g/mol. The third kappa shape index (κ3) is 3.62. The van der Waals surface area contributed by atoms with Gasteiger partial charge in [0.25, 0.3) is 0 Å². The Labute approximate surface area is 174 Å². The highest BCUT2D eigenvalue weighted by Crippen LogP contribution is 2.41. The van der Waals surface area contributed by atoms with Gasteiger partial charge >= 0.3 is 0 Å². The summed E-state index contributed by atoms with van der Waals surface area (Å²) >= 11 is 13.0. The van der Waals surface area contributed by atoms with Crippen LogP contribution in [0.1, 0.15) is 5.56 Å². The molecule has 0 bridgehead atoms. The molecule has 0 radical (unpaired) electrons. The summed E-state index contributed by atoms with van der Waals surface area (Å²) in [5, 5.41) is 4.23. The predicted molar refractivity (Wildman–Crippen MR) is 117 cm³/mol. The zero-order chi connectivity index (χ0) is 19.7. The molecular formula is C23H21Cl2FN2. The Hall–Kier alpha value is -2.07. The Morgan fingerprint density at radius 1 is 0.929 bits per heavy atom. The van der Waals surface area contributed by atoms with Crippen molar-refractivity contribution in [2.24, 2.45) is 0 Å². The Morgan fingerprint density at radius 2 is 1.68 bits per heavy atom. The van der Waals surface area contributed by atoms with Gasteiger partial charge in [-0.3, -0.25) is 0 Å². The number of rotatable bonds is 3. The summed E-state index contributed by atoms with van der Waals surface area (Å²) in [6, 6.07) is 16.7. The highest BCUT2D eigenvalue weighted by atomic mass is 35.5. The maximum atomic E-state index is 14.6. The van der Waals surface area contributed by atoms with Gasteiger partial charge in [-0.1, -0.05) is 47.5 Å². The number of nitrogens with one attached hydrogen (secondary N) is 1. The van der Waals surface area contributed by atoms with Crippen molar-refractivity contribution in [3.63, 3.8) is 0 Å². The lowest BCUT2D eigenvalue weighted by Crippen LogP contribution is -2.43. The second-order valence-electron chi connectivity index (χ2n) is 7.00. The number of nitrogens with zero attached hydrogens (tertiary/aromatic N) is 1. The molecule has 0 saturated carbocycles. The van der Waals surface area contributed by atoms with Gasteiger partial charge in [0, 0.05) is 53.6 Å². The van der Waals surface area contributed by atoms with Crippen molar-refractivity contribution in [3.8, 4) is 22.3 Å². The first-order chi connectivity index (χ1) is 13.6. The van der Waals surface area contributed by atoms with E-state index in [1.54, 1.807) is 18.2 Å². The molecule has 3 aromatic rings. The standard InChI is InChI=1S/C23H21Cl2FN2/c1-15-14-16(6-9-21(15)28-12-10-27-11-13-28)17-7-8-20(26)22(23(17)25)18-4-2-3-5-19(18)24/h2-9,14,27H,10-13H2,1H3. The van der Waals surface area contributed by atoms with Crippen LogP contribution < -0.4 is 10.2 Å². The zero-order valence-corrected chi connectivity index (χ0v) is 17.1. The Balaban J connectivity index is 1.77. The van der Waals surface area contributed by atoms with E-state index in [2.05, 4.69) is 35.3 Å². The van der Waals surface area contributed by atoms with Crippen molar-refractivity contribution >= 4 is 28.9 Å². The van der Waals surface area contributed by atoms with Crippen molar-refractivity contribution in [2.75, 3.05) is 31.1 Å². The van der Waals surface area contributed by atoms with Crippen LogP contribution in [0.25, 0.3) is 22.3 Å². The first kappa shape index (κ1) is 19.3. The lowest BCUT2D eigenvalue weighted by atomic mass is 9.96. The summed E-state index contributed by atoms with van der Waals surface area (Å²) in [5.74, 6) is -0.379. The van der Waals surface area contributed by atoms with Crippen LogP contribution in [0.5, 0.6) is 0 Å². The molecule has 0 unspecified atom stereocenters. The number of benzene rings is 3. The van der Waals surface area contributed by atoms with Gasteiger partial charge in [-0.05, 0) is 48.4 Å². The predicted octanol–water partition coefficient (Wildman–Crippen LogP) is 6.18. The molecule has 1 aliphatic rings. The molecule has 5 heteroatoms.